The van der Waals surface area contributed by atoms with Gasteiger partial charge in [0.1, 0.15) is 0 Å². The molecule has 46 heavy (non-hydrogen) atoms. The molecule has 1 N–H and O–H groups in total. The molecule has 0 radical (unpaired) electrons. The summed E-state index contributed by atoms with van der Waals surface area (Å²) in [5, 5.41) is 7.57. The minimum Gasteiger partial charge on any atom is -0.397 e. The van der Waals surface area contributed by atoms with Gasteiger partial charge in [-0.1, -0.05) is 111 Å². The van der Waals surface area contributed by atoms with E-state index in [1.54, 1.807) is 20.8 Å². The fourth-order valence-electron chi connectivity index (χ4n) is 5.89. The molecule has 2 aliphatic carbocycles. The van der Waals surface area contributed by atoms with Crippen LogP contribution in [0.1, 0.15) is 115 Å². The SMILES string of the molecule is CC1=C(/C=C/C(C)=C/C=C/C(C)=C/C(=O)OC(=O)/C=C(C)/C=C/C=C(C)/C=C/C2=C(C)CCCC2(C)C)C(C)(C)CCC1.CCO. The first-order chi connectivity index (χ1) is 21.5. The van der Waals surface area contributed by atoms with Gasteiger partial charge >= 0.3 is 11.9 Å². The van der Waals surface area contributed by atoms with Gasteiger partial charge in [-0.05, 0) is 120 Å². The van der Waals surface area contributed by atoms with E-state index in [1.807, 2.05) is 36.5 Å². The van der Waals surface area contributed by atoms with Crippen molar-refractivity contribution in [2.75, 3.05) is 6.61 Å². The molecule has 0 saturated heterocycles. The average Bonchev–Trinajstić information content (AvgIpc) is 2.92. The first-order valence-electron chi connectivity index (χ1n) is 16.7. The topological polar surface area (TPSA) is 63.6 Å². The minimum atomic E-state index is -0.682. The predicted octanol–water partition coefficient (Wildman–Crippen LogP) is 11.1. The molecule has 0 aromatic carbocycles. The lowest BCUT2D eigenvalue weighted by molar-refractivity contribution is -0.152. The Kier molecular flexibility index (Phi) is 17.5. The molecule has 0 aromatic rings. The molecule has 0 unspecified atom stereocenters. The van der Waals surface area contributed by atoms with E-state index in [0.29, 0.717) is 11.1 Å². The lowest BCUT2D eigenvalue weighted by Crippen LogP contribution is -2.19. The largest absolute Gasteiger partial charge is 0.397 e. The van der Waals surface area contributed by atoms with Crippen LogP contribution in [-0.4, -0.2) is 23.7 Å². The van der Waals surface area contributed by atoms with E-state index in [1.165, 1.54) is 73.0 Å². The summed E-state index contributed by atoms with van der Waals surface area (Å²) in [7, 11) is 0. The molecule has 4 heteroatoms. The Bertz CT molecular complexity index is 1270. The zero-order valence-electron chi connectivity index (χ0n) is 30.5. The number of ether oxygens (including phenoxy) is 1. The number of hydrogen-bond acceptors (Lipinski definition) is 4. The highest BCUT2D eigenvalue weighted by atomic mass is 16.6. The van der Waals surface area contributed by atoms with E-state index < -0.39 is 11.9 Å². The van der Waals surface area contributed by atoms with Gasteiger partial charge in [0.2, 0.25) is 0 Å². The van der Waals surface area contributed by atoms with E-state index in [-0.39, 0.29) is 17.4 Å². The third-order valence-electron chi connectivity index (χ3n) is 8.44. The Balaban J connectivity index is 0.00000338. The summed E-state index contributed by atoms with van der Waals surface area (Å²) in [6.07, 6.45) is 30.2. The number of carbonyl (C=O) groups is 2. The number of aliphatic hydroxyl groups excluding tert-OH is 1. The second-order valence-corrected chi connectivity index (χ2v) is 13.9. The summed E-state index contributed by atoms with van der Waals surface area (Å²) in [6.45, 7) is 23.4. The second-order valence-electron chi connectivity index (χ2n) is 13.9. The molecule has 0 atom stereocenters. The highest BCUT2D eigenvalue weighted by Gasteiger charge is 2.27. The standard InChI is InChI=1S/C40H54O3.C2H6O/c1-29(21-23-35-33(5)19-13-25-39(35,7)8)15-11-17-31(3)27-37(41)43-38(42)28-32(4)18-12-16-30(2)22-24-36-34(6)20-14-26-40(36,9)10;1-2-3/h11-12,15-18,21-24,27-28H,13-14,19-20,25-26H2,1-10H3;3H,2H2,1H3/b17-11+,18-12+,23-21+,24-22+,29-15+,30-16+,31-27+,32-28+;. The van der Waals surface area contributed by atoms with Gasteiger partial charge in [0.05, 0.1) is 0 Å². The fraction of sp³-hybridized carbons (Fsp3) is 0.476. The van der Waals surface area contributed by atoms with Crippen molar-refractivity contribution in [1.29, 1.82) is 0 Å². The van der Waals surface area contributed by atoms with E-state index in [2.05, 4.69) is 79.7 Å². The second kappa shape index (κ2) is 19.9. The van der Waals surface area contributed by atoms with E-state index >= 15 is 0 Å². The molecule has 0 spiro atoms. The van der Waals surface area contributed by atoms with Crippen LogP contribution in [0.4, 0.5) is 0 Å². The summed E-state index contributed by atoms with van der Waals surface area (Å²) < 4.78 is 4.96. The minimum absolute atomic E-state index is 0.215. The van der Waals surface area contributed by atoms with Crippen molar-refractivity contribution in [3.63, 3.8) is 0 Å². The molecule has 252 valence electrons. The molecule has 0 aliphatic heterocycles. The molecule has 0 saturated carbocycles. The molecule has 2 rings (SSSR count). The maximum atomic E-state index is 12.2. The van der Waals surface area contributed by atoms with Gasteiger partial charge in [0.15, 0.2) is 0 Å². The van der Waals surface area contributed by atoms with E-state index in [4.69, 9.17) is 9.84 Å². The number of carbonyl (C=O) groups excluding carboxylic acids is 2. The van der Waals surface area contributed by atoms with Crippen LogP contribution in [-0.2, 0) is 14.3 Å². The lowest BCUT2D eigenvalue weighted by atomic mass is 9.72. The number of rotatable bonds is 10. The molecular weight excluding hydrogens is 568 g/mol. The monoisotopic (exact) mass is 628 g/mol. The van der Waals surface area contributed by atoms with Crippen LogP contribution >= 0.6 is 0 Å². The average molecular weight is 629 g/mol. The summed E-state index contributed by atoms with van der Waals surface area (Å²) in [4.78, 5) is 24.5. The Morgan fingerprint density at radius 3 is 1.35 bits per heavy atom. The van der Waals surface area contributed by atoms with Crippen molar-refractivity contribution in [1.82, 2.24) is 0 Å². The molecule has 0 bridgehead atoms. The maximum absolute atomic E-state index is 12.2. The zero-order valence-corrected chi connectivity index (χ0v) is 30.5. The van der Waals surface area contributed by atoms with Gasteiger partial charge in [-0.2, -0.15) is 0 Å². The molecule has 2 aliphatic rings. The molecule has 0 amide bonds. The number of allylic oxidation sites excluding steroid dienone is 18. The van der Waals surface area contributed by atoms with Crippen LogP contribution in [0.25, 0.3) is 0 Å². The summed E-state index contributed by atoms with van der Waals surface area (Å²) in [5.41, 5.74) is 9.91. The van der Waals surface area contributed by atoms with Crippen LogP contribution in [0, 0.1) is 10.8 Å². The Morgan fingerprint density at radius 1 is 0.674 bits per heavy atom. The third-order valence-corrected chi connectivity index (χ3v) is 8.44. The lowest BCUT2D eigenvalue weighted by Gasteiger charge is -2.33. The van der Waals surface area contributed by atoms with Crippen LogP contribution in [0.5, 0.6) is 0 Å². The molecule has 0 fully saturated rings. The fourth-order valence-corrected chi connectivity index (χ4v) is 5.89. The quantitative estimate of drug-likeness (QED) is 0.113. The van der Waals surface area contributed by atoms with Crippen LogP contribution in [0.15, 0.2) is 117 Å². The zero-order chi connectivity index (χ0) is 34.9. The first-order valence-corrected chi connectivity index (χ1v) is 16.7. The number of aliphatic hydroxyl groups is 1. The van der Waals surface area contributed by atoms with Crippen LogP contribution < -0.4 is 0 Å². The Morgan fingerprint density at radius 2 is 1.02 bits per heavy atom. The highest BCUT2D eigenvalue weighted by molar-refractivity contribution is 5.97. The van der Waals surface area contributed by atoms with Gasteiger partial charge in [-0.3, -0.25) is 0 Å². The highest BCUT2D eigenvalue weighted by Crippen LogP contribution is 2.41. The molecule has 0 heterocycles. The smallest absolute Gasteiger partial charge is 0.338 e. The van der Waals surface area contributed by atoms with Crippen molar-refractivity contribution >= 4 is 11.9 Å². The van der Waals surface area contributed by atoms with Crippen molar-refractivity contribution in [2.45, 2.75) is 115 Å². The van der Waals surface area contributed by atoms with Gasteiger partial charge in [0, 0.05) is 18.8 Å². The first kappa shape index (κ1) is 40.5. The number of hydrogen-bond donors (Lipinski definition) is 1. The summed E-state index contributed by atoms with van der Waals surface area (Å²) >= 11 is 0. The summed E-state index contributed by atoms with van der Waals surface area (Å²) in [6, 6.07) is 0. The van der Waals surface area contributed by atoms with Crippen LogP contribution in [0.3, 0.4) is 0 Å². The van der Waals surface area contributed by atoms with Crippen molar-refractivity contribution < 1.29 is 19.4 Å². The van der Waals surface area contributed by atoms with Gasteiger partial charge in [-0.25, -0.2) is 9.59 Å². The molecule has 0 aromatic heterocycles. The summed E-state index contributed by atoms with van der Waals surface area (Å²) in [5.74, 6) is -1.36. The van der Waals surface area contributed by atoms with Crippen molar-refractivity contribution in [2.24, 2.45) is 10.8 Å². The van der Waals surface area contributed by atoms with Gasteiger partial charge < -0.3 is 9.84 Å². The Hall–Kier alpha value is -3.50. The molecular formula is C42H60O4. The van der Waals surface area contributed by atoms with Gasteiger partial charge in [0.25, 0.3) is 0 Å². The predicted molar refractivity (Wildman–Crippen MR) is 196 cm³/mol. The van der Waals surface area contributed by atoms with Crippen molar-refractivity contribution in [3.05, 3.63) is 117 Å². The van der Waals surface area contributed by atoms with E-state index in [9.17, 15) is 9.59 Å². The Labute approximate surface area is 280 Å². The van der Waals surface area contributed by atoms with Crippen LogP contribution in [0.2, 0.25) is 0 Å². The van der Waals surface area contributed by atoms with Crippen molar-refractivity contribution in [3.8, 4) is 0 Å². The molecule has 4 nitrogen and oxygen atoms in total. The van der Waals surface area contributed by atoms with Gasteiger partial charge in [-0.15, -0.1) is 0 Å². The third kappa shape index (κ3) is 15.2. The van der Waals surface area contributed by atoms with E-state index in [0.717, 1.165) is 11.1 Å². The maximum Gasteiger partial charge on any atom is 0.338 e. The number of esters is 2. The normalized spacial score (nSPS) is 19.8.